The molecule has 0 spiro atoms. The van der Waals surface area contributed by atoms with E-state index in [0.29, 0.717) is 44.5 Å². The Balaban J connectivity index is 1.72. The number of fused-ring (bicyclic) bond motifs is 3. The number of rotatable bonds is 2. The van der Waals surface area contributed by atoms with E-state index in [9.17, 15) is 31.1 Å². The number of hydrogen-bond acceptors (Lipinski definition) is 1. The van der Waals surface area contributed by atoms with Crippen LogP contribution in [0.1, 0.15) is 32.6 Å². The predicted octanol–water partition coefficient (Wildman–Crippen LogP) is 8.58. The maximum atomic E-state index is 13.3. The van der Waals surface area contributed by atoms with Gasteiger partial charge in [-0.3, -0.25) is 4.79 Å². The van der Waals surface area contributed by atoms with E-state index in [4.69, 9.17) is 0 Å². The van der Waals surface area contributed by atoms with Crippen molar-refractivity contribution in [3.05, 3.63) is 107 Å². The van der Waals surface area contributed by atoms with Crippen LogP contribution in [0.5, 0.6) is 0 Å². The smallest absolute Gasteiger partial charge is 0.289 e. The van der Waals surface area contributed by atoms with Gasteiger partial charge in [-0.05, 0) is 65.1 Å². The maximum absolute atomic E-state index is 13.3. The summed E-state index contributed by atoms with van der Waals surface area (Å²) >= 11 is 0. The van der Waals surface area contributed by atoms with E-state index in [1.165, 1.54) is 24.3 Å². The second-order valence-electron chi connectivity index (χ2n) is 8.44. The topological polar surface area (TPSA) is 17.1 Å². The molecule has 0 amide bonds. The number of hydrogen-bond donors (Lipinski definition) is 0. The van der Waals surface area contributed by atoms with Gasteiger partial charge >= 0.3 is 12.4 Å². The molecule has 7 heteroatoms. The first-order valence-electron chi connectivity index (χ1n) is 10.6. The summed E-state index contributed by atoms with van der Waals surface area (Å²) in [6.45, 7) is 1.79. The molecule has 176 valence electrons. The first-order valence-corrected chi connectivity index (χ1v) is 10.6. The molecule has 0 fully saturated rings. The summed E-state index contributed by atoms with van der Waals surface area (Å²) in [7, 11) is 0. The van der Waals surface area contributed by atoms with Crippen molar-refractivity contribution in [3.63, 3.8) is 0 Å². The molecule has 0 atom stereocenters. The molecule has 0 unspecified atom stereocenters. The van der Waals surface area contributed by atoms with Crippen molar-refractivity contribution in [2.75, 3.05) is 0 Å². The summed E-state index contributed by atoms with van der Waals surface area (Å²) in [5, 5.41) is 0. The van der Waals surface area contributed by atoms with Crippen molar-refractivity contribution in [2.24, 2.45) is 0 Å². The van der Waals surface area contributed by atoms with E-state index in [1.54, 1.807) is 37.3 Å². The summed E-state index contributed by atoms with van der Waals surface area (Å²) in [4.78, 5) is 13.3. The van der Waals surface area contributed by atoms with Gasteiger partial charge in [-0.2, -0.15) is 26.3 Å². The highest BCUT2D eigenvalue weighted by molar-refractivity contribution is 6.25. The largest absolute Gasteiger partial charge is 0.416 e. The van der Waals surface area contributed by atoms with E-state index >= 15 is 0 Å². The maximum Gasteiger partial charge on any atom is 0.416 e. The molecule has 1 aliphatic carbocycles. The Morgan fingerprint density at radius 1 is 0.543 bits per heavy atom. The van der Waals surface area contributed by atoms with Crippen LogP contribution in [0.25, 0.3) is 33.4 Å². The van der Waals surface area contributed by atoms with Crippen molar-refractivity contribution >= 4 is 5.78 Å². The zero-order valence-electron chi connectivity index (χ0n) is 18.2. The Kier molecular flexibility index (Phi) is 5.13. The summed E-state index contributed by atoms with van der Waals surface area (Å²) in [5.74, 6) is -0.236. The highest BCUT2D eigenvalue weighted by atomic mass is 19.4. The van der Waals surface area contributed by atoms with Gasteiger partial charge in [0.1, 0.15) is 0 Å². The summed E-state index contributed by atoms with van der Waals surface area (Å²) < 4.78 is 78.4. The number of benzene rings is 4. The molecular weight excluding hydrogens is 466 g/mol. The Labute approximate surface area is 196 Å². The highest BCUT2D eigenvalue weighted by Crippen LogP contribution is 2.48. The second-order valence-corrected chi connectivity index (χ2v) is 8.44. The minimum atomic E-state index is -4.48. The lowest BCUT2D eigenvalue weighted by Gasteiger charge is -2.16. The minimum Gasteiger partial charge on any atom is -0.289 e. The standard InChI is InChI=1S/C28H16F6O/c1-15-13-22(17-7-11-19(12-8-17)28(32,33)34)25-23(14-15)26(35)21-4-2-3-20(24(21)25)16-5-9-18(10-6-16)27(29,30)31/h2-14H,1H3. The van der Waals surface area contributed by atoms with Crippen molar-refractivity contribution in [1.29, 1.82) is 0 Å². The van der Waals surface area contributed by atoms with E-state index in [2.05, 4.69) is 0 Å². The SMILES string of the molecule is Cc1cc2c(c(-c3ccc(C(F)(F)F)cc3)c1)-c1c(cccc1-c1ccc(C(F)(F)F)cc1)C2=O. The molecule has 35 heavy (non-hydrogen) atoms. The lowest BCUT2D eigenvalue weighted by molar-refractivity contribution is -0.138. The van der Waals surface area contributed by atoms with E-state index in [1.807, 2.05) is 0 Å². The van der Waals surface area contributed by atoms with Crippen molar-refractivity contribution in [1.82, 2.24) is 0 Å². The van der Waals surface area contributed by atoms with Gasteiger partial charge in [0.25, 0.3) is 0 Å². The molecule has 0 aliphatic heterocycles. The van der Waals surface area contributed by atoms with Crippen LogP contribution in [0.3, 0.4) is 0 Å². The number of carbonyl (C=O) groups excluding carboxylic acids is 1. The Morgan fingerprint density at radius 3 is 1.49 bits per heavy atom. The normalized spacial score (nSPS) is 13.1. The fraction of sp³-hybridized carbons (Fsp3) is 0.107. The Hall–Kier alpha value is -3.87. The Bertz CT molecular complexity index is 1460. The summed E-state index contributed by atoms with van der Waals surface area (Å²) in [6, 6.07) is 17.9. The van der Waals surface area contributed by atoms with Crippen molar-refractivity contribution in [3.8, 4) is 33.4 Å². The average Bonchev–Trinajstić information content (AvgIpc) is 3.09. The molecule has 1 aliphatic rings. The van der Waals surface area contributed by atoms with Gasteiger partial charge in [0.15, 0.2) is 5.78 Å². The molecule has 0 radical (unpaired) electrons. The molecule has 5 rings (SSSR count). The second kappa shape index (κ2) is 7.83. The molecule has 0 saturated heterocycles. The number of halogens is 6. The minimum absolute atomic E-state index is 0.236. The fourth-order valence-corrected chi connectivity index (χ4v) is 4.54. The molecule has 0 aromatic heterocycles. The molecular formula is C28H16F6O. The lowest BCUT2D eigenvalue weighted by atomic mass is 9.88. The van der Waals surface area contributed by atoms with E-state index < -0.39 is 23.5 Å². The monoisotopic (exact) mass is 482 g/mol. The van der Waals surface area contributed by atoms with Gasteiger partial charge in [-0.15, -0.1) is 0 Å². The first kappa shape index (κ1) is 22.9. The third-order valence-electron chi connectivity index (χ3n) is 6.13. The van der Waals surface area contributed by atoms with Crippen LogP contribution in [-0.2, 0) is 12.4 Å². The molecule has 4 aromatic rings. The number of aryl methyl sites for hydroxylation is 1. The number of carbonyl (C=O) groups is 1. The molecule has 0 bridgehead atoms. The van der Waals surface area contributed by atoms with Crippen LogP contribution in [-0.4, -0.2) is 5.78 Å². The summed E-state index contributed by atoms with van der Waals surface area (Å²) in [5.41, 5.74) is 3.27. The quantitative estimate of drug-likeness (QED) is 0.230. The van der Waals surface area contributed by atoms with Gasteiger partial charge in [0.2, 0.25) is 0 Å². The average molecular weight is 482 g/mol. The van der Waals surface area contributed by atoms with E-state index in [-0.39, 0.29) is 5.78 Å². The van der Waals surface area contributed by atoms with Gasteiger partial charge in [0.05, 0.1) is 11.1 Å². The van der Waals surface area contributed by atoms with Gasteiger partial charge in [0, 0.05) is 22.3 Å². The lowest BCUT2D eigenvalue weighted by Crippen LogP contribution is -2.04. The third kappa shape index (κ3) is 3.91. The van der Waals surface area contributed by atoms with Crippen LogP contribution in [0, 0.1) is 6.92 Å². The third-order valence-corrected chi connectivity index (χ3v) is 6.13. The van der Waals surface area contributed by atoms with Crippen LogP contribution < -0.4 is 0 Å². The molecule has 1 nitrogen and oxygen atoms in total. The van der Waals surface area contributed by atoms with Crippen LogP contribution in [0.4, 0.5) is 26.3 Å². The first-order chi connectivity index (χ1) is 16.4. The summed E-state index contributed by atoms with van der Waals surface area (Å²) in [6.07, 6.45) is -8.96. The van der Waals surface area contributed by atoms with Gasteiger partial charge in [-0.25, -0.2) is 0 Å². The van der Waals surface area contributed by atoms with E-state index in [0.717, 1.165) is 29.8 Å². The van der Waals surface area contributed by atoms with Crippen LogP contribution in [0.2, 0.25) is 0 Å². The van der Waals surface area contributed by atoms with Gasteiger partial charge < -0.3 is 0 Å². The molecule has 0 saturated carbocycles. The molecule has 0 heterocycles. The Morgan fingerprint density at radius 2 is 0.971 bits per heavy atom. The zero-order valence-corrected chi connectivity index (χ0v) is 18.2. The number of alkyl halides is 6. The molecule has 4 aromatic carbocycles. The van der Waals surface area contributed by atoms with Crippen molar-refractivity contribution < 1.29 is 31.1 Å². The van der Waals surface area contributed by atoms with Crippen LogP contribution >= 0.6 is 0 Å². The zero-order chi connectivity index (χ0) is 25.1. The highest BCUT2D eigenvalue weighted by Gasteiger charge is 2.34. The number of ketones is 1. The fourth-order valence-electron chi connectivity index (χ4n) is 4.54. The van der Waals surface area contributed by atoms with Crippen molar-refractivity contribution in [2.45, 2.75) is 19.3 Å². The molecule has 0 N–H and O–H groups in total. The predicted molar refractivity (Wildman–Crippen MR) is 121 cm³/mol. The van der Waals surface area contributed by atoms with Gasteiger partial charge in [-0.1, -0.05) is 48.5 Å². The van der Waals surface area contributed by atoms with Crippen LogP contribution in [0.15, 0.2) is 78.9 Å².